The van der Waals surface area contributed by atoms with Crippen LogP contribution in [0.1, 0.15) is 5.56 Å². The van der Waals surface area contributed by atoms with Gasteiger partial charge in [-0.3, -0.25) is 0 Å². The third-order valence-electron chi connectivity index (χ3n) is 2.05. The first-order chi connectivity index (χ1) is 6.79. The highest BCUT2D eigenvalue weighted by Gasteiger charge is 2.00. The lowest BCUT2D eigenvalue weighted by molar-refractivity contribution is 1.07. The SMILES string of the molecule is NCc1ccc(-c2ccc(Cl)s2)cc1. The lowest BCUT2D eigenvalue weighted by atomic mass is 10.1. The molecule has 1 aromatic heterocycles. The maximum atomic E-state index is 5.87. The smallest absolute Gasteiger partial charge is 0.0934 e. The molecule has 14 heavy (non-hydrogen) atoms. The second-order valence-electron chi connectivity index (χ2n) is 3.00. The number of hydrogen-bond donors (Lipinski definition) is 1. The first kappa shape index (κ1) is 9.71. The van der Waals surface area contributed by atoms with E-state index in [-0.39, 0.29) is 0 Å². The first-order valence-electron chi connectivity index (χ1n) is 4.34. The Labute approximate surface area is 92.1 Å². The summed E-state index contributed by atoms with van der Waals surface area (Å²) < 4.78 is 0.822. The van der Waals surface area contributed by atoms with Crippen molar-refractivity contribution in [2.24, 2.45) is 5.73 Å². The lowest BCUT2D eigenvalue weighted by Gasteiger charge is -1.99. The summed E-state index contributed by atoms with van der Waals surface area (Å²) in [5.74, 6) is 0. The van der Waals surface area contributed by atoms with Gasteiger partial charge in [0, 0.05) is 11.4 Å². The van der Waals surface area contributed by atoms with E-state index in [0.29, 0.717) is 6.54 Å². The van der Waals surface area contributed by atoms with Crippen molar-refractivity contribution in [2.75, 3.05) is 0 Å². The standard InChI is InChI=1S/C11H10ClNS/c12-11-6-5-10(14-11)9-3-1-8(7-13)2-4-9/h1-6H,7,13H2. The Balaban J connectivity index is 2.33. The quantitative estimate of drug-likeness (QED) is 0.828. The van der Waals surface area contributed by atoms with Gasteiger partial charge in [-0.2, -0.15) is 0 Å². The van der Waals surface area contributed by atoms with Crippen molar-refractivity contribution >= 4 is 22.9 Å². The molecule has 0 aliphatic heterocycles. The maximum Gasteiger partial charge on any atom is 0.0934 e. The number of benzene rings is 1. The van der Waals surface area contributed by atoms with Gasteiger partial charge in [0.05, 0.1) is 4.34 Å². The maximum absolute atomic E-state index is 5.87. The average Bonchev–Trinajstić information content (AvgIpc) is 2.65. The van der Waals surface area contributed by atoms with Crippen LogP contribution in [-0.2, 0) is 6.54 Å². The summed E-state index contributed by atoms with van der Waals surface area (Å²) in [6, 6.07) is 12.2. The zero-order chi connectivity index (χ0) is 9.97. The van der Waals surface area contributed by atoms with Crippen LogP contribution >= 0.6 is 22.9 Å². The van der Waals surface area contributed by atoms with Gasteiger partial charge in [0.15, 0.2) is 0 Å². The van der Waals surface area contributed by atoms with E-state index < -0.39 is 0 Å². The minimum absolute atomic E-state index is 0.589. The molecule has 72 valence electrons. The number of nitrogens with two attached hydrogens (primary N) is 1. The molecule has 0 saturated heterocycles. The van der Waals surface area contributed by atoms with Crippen LogP contribution in [0.15, 0.2) is 36.4 Å². The molecule has 1 heterocycles. The van der Waals surface area contributed by atoms with Crippen molar-refractivity contribution in [3.8, 4) is 10.4 Å². The summed E-state index contributed by atoms with van der Waals surface area (Å²) in [5, 5.41) is 0. The van der Waals surface area contributed by atoms with E-state index in [2.05, 4.69) is 12.1 Å². The third-order valence-corrected chi connectivity index (χ3v) is 3.33. The highest BCUT2D eigenvalue weighted by Crippen LogP contribution is 2.30. The number of thiophene rings is 1. The molecule has 0 bridgehead atoms. The summed E-state index contributed by atoms with van der Waals surface area (Å²) in [5.41, 5.74) is 7.87. The normalized spacial score (nSPS) is 10.4. The molecular formula is C11H10ClNS. The van der Waals surface area contributed by atoms with Gasteiger partial charge in [-0.15, -0.1) is 11.3 Å². The second kappa shape index (κ2) is 4.13. The molecule has 2 rings (SSSR count). The van der Waals surface area contributed by atoms with Gasteiger partial charge < -0.3 is 5.73 Å². The first-order valence-corrected chi connectivity index (χ1v) is 5.54. The Hall–Kier alpha value is -0.830. The van der Waals surface area contributed by atoms with Crippen LogP contribution in [0.25, 0.3) is 10.4 Å². The van der Waals surface area contributed by atoms with E-state index >= 15 is 0 Å². The van der Waals surface area contributed by atoms with Crippen molar-refractivity contribution in [1.82, 2.24) is 0 Å². The van der Waals surface area contributed by atoms with Crippen LogP contribution in [0, 0.1) is 0 Å². The molecule has 3 heteroatoms. The van der Waals surface area contributed by atoms with Gasteiger partial charge in [0.1, 0.15) is 0 Å². The summed E-state index contributed by atoms with van der Waals surface area (Å²) in [6.07, 6.45) is 0. The van der Waals surface area contributed by atoms with Gasteiger partial charge in [0.25, 0.3) is 0 Å². The Morgan fingerprint density at radius 3 is 2.29 bits per heavy atom. The fourth-order valence-electron chi connectivity index (χ4n) is 1.27. The molecule has 2 N–H and O–H groups in total. The second-order valence-corrected chi connectivity index (χ2v) is 4.72. The molecule has 0 amide bonds. The topological polar surface area (TPSA) is 26.0 Å². The number of halogens is 1. The van der Waals surface area contributed by atoms with Crippen molar-refractivity contribution in [1.29, 1.82) is 0 Å². The van der Waals surface area contributed by atoms with Gasteiger partial charge in [-0.1, -0.05) is 35.9 Å². The van der Waals surface area contributed by atoms with Crippen LogP contribution in [-0.4, -0.2) is 0 Å². The molecular weight excluding hydrogens is 214 g/mol. The van der Waals surface area contributed by atoms with E-state index in [0.717, 1.165) is 9.90 Å². The number of hydrogen-bond acceptors (Lipinski definition) is 2. The molecule has 0 unspecified atom stereocenters. The molecule has 0 fully saturated rings. The van der Waals surface area contributed by atoms with E-state index in [4.69, 9.17) is 17.3 Å². The van der Waals surface area contributed by atoms with Crippen molar-refractivity contribution in [2.45, 2.75) is 6.54 Å². The predicted molar refractivity (Wildman–Crippen MR) is 62.7 cm³/mol. The predicted octanol–water partition coefficient (Wildman–Crippen LogP) is 3.53. The molecule has 0 saturated carbocycles. The monoisotopic (exact) mass is 223 g/mol. The zero-order valence-electron chi connectivity index (χ0n) is 7.53. The van der Waals surface area contributed by atoms with Crippen LogP contribution < -0.4 is 5.73 Å². The largest absolute Gasteiger partial charge is 0.326 e. The fraction of sp³-hybridized carbons (Fsp3) is 0.0909. The van der Waals surface area contributed by atoms with Gasteiger partial charge in [0.2, 0.25) is 0 Å². The molecule has 0 aliphatic carbocycles. The van der Waals surface area contributed by atoms with Crippen molar-refractivity contribution in [3.05, 3.63) is 46.3 Å². The molecule has 0 atom stereocenters. The molecule has 1 aromatic carbocycles. The molecule has 0 spiro atoms. The highest BCUT2D eigenvalue weighted by atomic mass is 35.5. The highest BCUT2D eigenvalue weighted by molar-refractivity contribution is 7.19. The summed E-state index contributed by atoms with van der Waals surface area (Å²) in [6.45, 7) is 0.589. The van der Waals surface area contributed by atoms with E-state index in [1.807, 2.05) is 24.3 Å². The average molecular weight is 224 g/mol. The molecule has 1 nitrogen and oxygen atoms in total. The van der Waals surface area contributed by atoms with Crippen LogP contribution in [0.3, 0.4) is 0 Å². The molecule has 0 radical (unpaired) electrons. The van der Waals surface area contributed by atoms with Crippen LogP contribution in [0.5, 0.6) is 0 Å². The van der Waals surface area contributed by atoms with Gasteiger partial charge in [-0.05, 0) is 23.3 Å². The zero-order valence-corrected chi connectivity index (χ0v) is 9.11. The minimum Gasteiger partial charge on any atom is -0.326 e. The lowest BCUT2D eigenvalue weighted by Crippen LogP contribution is -1.94. The van der Waals surface area contributed by atoms with E-state index in [1.165, 1.54) is 10.4 Å². The van der Waals surface area contributed by atoms with Gasteiger partial charge >= 0.3 is 0 Å². The third kappa shape index (κ3) is 1.98. The minimum atomic E-state index is 0.589. The summed E-state index contributed by atoms with van der Waals surface area (Å²) >= 11 is 7.46. The van der Waals surface area contributed by atoms with E-state index in [9.17, 15) is 0 Å². The molecule has 2 aromatic rings. The van der Waals surface area contributed by atoms with E-state index in [1.54, 1.807) is 11.3 Å². The van der Waals surface area contributed by atoms with Crippen molar-refractivity contribution in [3.63, 3.8) is 0 Å². The Morgan fingerprint density at radius 1 is 1.07 bits per heavy atom. The molecule has 0 aliphatic rings. The Kier molecular flexibility index (Phi) is 2.87. The van der Waals surface area contributed by atoms with Crippen LogP contribution in [0.2, 0.25) is 4.34 Å². The summed E-state index contributed by atoms with van der Waals surface area (Å²) in [4.78, 5) is 1.19. The van der Waals surface area contributed by atoms with Crippen molar-refractivity contribution < 1.29 is 0 Å². The summed E-state index contributed by atoms with van der Waals surface area (Å²) in [7, 11) is 0. The van der Waals surface area contributed by atoms with Gasteiger partial charge in [-0.25, -0.2) is 0 Å². The number of rotatable bonds is 2. The Morgan fingerprint density at radius 2 is 1.79 bits per heavy atom. The Bertz CT molecular complexity index is 419. The van der Waals surface area contributed by atoms with Crippen LogP contribution in [0.4, 0.5) is 0 Å². The fourth-order valence-corrected chi connectivity index (χ4v) is 2.32.